The van der Waals surface area contributed by atoms with Crippen LogP contribution in [0.15, 0.2) is 212 Å². The second-order valence-electron chi connectivity index (χ2n) is 33.9. The number of hydrogen-bond donors (Lipinski definition) is 12. The fourth-order valence-corrected chi connectivity index (χ4v) is 15.2. The summed E-state index contributed by atoms with van der Waals surface area (Å²) < 4.78 is 0. The molecule has 1 heterocycles. The Labute approximate surface area is 746 Å². The molecule has 674 valence electrons. The van der Waals surface area contributed by atoms with Crippen LogP contribution in [0.4, 0.5) is 0 Å². The van der Waals surface area contributed by atoms with E-state index in [9.17, 15) is 62.3 Å². The Kier molecular flexibility index (Phi) is 38.6. The Morgan fingerprint density at radius 2 is 0.843 bits per heavy atom. The minimum Gasteiger partial charge on any atom is -0.352 e. The number of nitrogens with zero attached hydrogens (tertiary/aromatic N) is 1. The Hall–Kier alpha value is -12.8. The molecule has 13 N–H and O–H groups in total. The van der Waals surface area contributed by atoms with Crippen LogP contribution in [0, 0.1) is 32.6 Å². The Morgan fingerprint density at radius 3 is 1.32 bits per heavy atom. The second-order valence-corrected chi connectivity index (χ2v) is 33.9. The van der Waals surface area contributed by atoms with Gasteiger partial charge in [-0.25, -0.2) is 0 Å². The van der Waals surface area contributed by atoms with Gasteiger partial charge in [0.1, 0.15) is 59.9 Å². The van der Waals surface area contributed by atoms with Gasteiger partial charge >= 0.3 is 0 Å². The molecular weight excluding hydrogens is 1600 g/mol. The zero-order valence-corrected chi connectivity index (χ0v) is 75.4. The predicted octanol–water partition coefficient (Wildman–Crippen LogP) is 9.52. The van der Waals surface area contributed by atoms with Gasteiger partial charge in [0.15, 0.2) is 0 Å². The summed E-state index contributed by atoms with van der Waals surface area (Å²) >= 11 is 0. The number of aryl methyl sites for hydroxylation is 3. The molecule has 8 aromatic rings. The lowest BCUT2D eigenvalue weighted by atomic mass is 9.76. The minimum atomic E-state index is -1.47. The average molecular weight is 1730 g/mol. The third kappa shape index (κ3) is 30.8. The Balaban J connectivity index is 0.000000318. The highest BCUT2D eigenvalue weighted by Crippen LogP contribution is 2.38. The minimum absolute atomic E-state index is 0.00126. The fourth-order valence-electron chi connectivity index (χ4n) is 15.2. The molecule has 1 aliphatic rings. The highest BCUT2D eigenvalue weighted by Gasteiger charge is 2.41. The van der Waals surface area contributed by atoms with E-state index in [1.165, 1.54) is 31.2 Å². The van der Waals surface area contributed by atoms with E-state index in [1.807, 2.05) is 157 Å². The van der Waals surface area contributed by atoms with Crippen LogP contribution in [0.3, 0.4) is 0 Å². The number of amides is 11. The summed E-state index contributed by atoms with van der Waals surface area (Å²) in [5.74, 6) is -7.17. The van der Waals surface area contributed by atoms with Crippen molar-refractivity contribution in [2.24, 2.45) is 17.6 Å². The van der Waals surface area contributed by atoms with Crippen molar-refractivity contribution >= 4 is 76.5 Å². The van der Waals surface area contributed by atoms with E-state index in [0.717, 1.165) is 55.6 Å². The standard InChI is InChI=1S/C51H77N9O9.C50H50N4O4/c1-11-33(9)54-50(68)44(30(5)6)59-43(62)28-53-45(63)40(26-35-19-15-31(7)16-20-35)57-48(66)41(27-36-21-17-32(8)18-22-36)58-47(65)39(25-34(10)61)56-46(64)38(12-2)55-49(67)42-14-13-23-60(42)51(69)37(52)24-29(3)4;1-35-22-28-45(29-23-35)50(43-18-9-5-10-19-43,44-20-11-6-12-21-44)52-34-40-15-13-14-39(31-40)33-51-48(57)46(30-36(2)55)54-49(58)47(53-37(3)56)32-38-24-26-42(27-25-38)41-16-7-4-8-17-41/h15-22,29-30,33,37-42,44H,11-14,23-28,52H2,1-10H3,(H,53,63)(H,54,68)(H,55,67)(H,56,64)(H,57,66)(H,58,65)(H,59,62);4-29,31,46-47,52H,30,32-34H2,1-3H3,(H,51,57)(H,53,56)(H,54,58)/t33-,37+,38+,39+,40+,41+,42+,44+;46-,47-/m10/s1. The van der Waals surface area contributed by atoms with Crippen LogP contribution in [-0.2, 0) is 100 Å². The van der Waals surface area contributed by atoms with Gasteiger partial charge in [-0.1, -0.05) is 271 Å². The summed E-state index contributed by atoms with van der Waals surface area (Å²) in [5.41, 5.74) is 18.1. The van der Waals surface area contributed by atoms with Crippen LogP contribution in [0.1, 0.15) is 175 Å². The zero-order valence-electron chi connectivity index (χ0n) is 75.4. The molecule has 127 heavy (non-hydrogen) atoms. The number of Topliss-reactive ketones (excluding diaryl/α,β-unsaturated/α-hetero) is 2. The molecule has 9 rings (SSSR count). The summed E-state index contributed by atoms with van der Waals surface area (Å²) in [4.78, 5) is 175. The molecule has 10 atom stereocenters. The van der Waals surface area contributed by atoms with E-state index in [0.29, 0.717) is 49.9 Å². The van der Waals surface area contributed by atoms with Crippen molar-refractivity contribution in [2.45, 2.75) is 233 Å². The van der Waals surface area contributed by atoms with Gasteiger partial charge in [0.2, 0.25) is 65.0 Å². The van der Waals surface area contributed by atoms with Crippen LogP contribution in [0.25, 0.3) is 11.1 Å². The van der Waals surface area contributed by atoms with Crippen LogP contribution in [0.2, 0.25) is 0 Å². The molecule has 8 aromatic carbocycles. The third-order valence-corrected chi connectivity index (χ3v) is 22.4. The van der Waals surface area contributed by atoms with Crippen LogP contribution in [-0.4, -0.2) is 155 Å². The highest BCUT2D eigenvalue weighted by molar-refractivity contribution is 6.00. The summed E-state index contributed by atoms with van der Waals surface area (Å²) in [6, 6.07) is 59.8. The van der Waals surface area contributed by atoms with Gasteiger partial charge in [-0.15, -0.1) is 0 Å². The summed E-state index contributed by atoms with van der Waals surface area (Å²) in [5, 5.41) is 31.3. The van der Waals surface area contributed by atoms with Crippen LogP contribution < -0.4 is 64.2 Å². The average Bonchev–Trinajstić information content (AvgIpc) is 1.25. The number of ketones is 2. The van der Waals surface area contributed by atoms with Crippen molar-refractivity contribution in [3.8, 4) is 11.1 Å². The lowest BCUT2D eigenvalue weighted by Crippen LogP contribution is -2.60. The van der Waals surface area contributed by atoms with E-state index in [1.54, 1.807) is 45.0 Å². The number of carbonyl (C=O) groups is 13. The molecule has 0 bridgehead atoms. The van der Waals surface area contributed by atoms with Gasteiger partial charge < -0.3 is 63.8 Å². The topological polar surface area (TPSA) is 383 Å². The van der Waals surface area contributed by atoms with Gasteiger partial charge in [-0.05, 0) is 141 Å². The molecule has 0 unspecified atom stereocenters. The molecule has 26 heteroatoms. The van der Waals surface area contributed by atoms with Crippen molar-refractivity contribution in [2.75, 3.05) is 13.1 Å². The lowest BCUT2D eigenvalue weighted by Gasteiger charge is -2.37. The number of benzene rings is 8. The second kappa shape index (κ2) is 49.2. The third-order valence-electron chi connectivity index (χ3n) is 22.4. The molecule has 26 nitrogen and oxygen atoms in total. The number of rotatable bonds is 43. The van der Waals surface area contributed by atoms with Crippen molar-refractivity contribution < 1.29 is 62.3 Å². The van der Waals surface area contributed by atoms with Crippen LogP contribution >= 0.6 is 0 Å². The fraction of sp³-hybridized carbons (Fsp3) is 0.396. The molecule has 0 saturated carbocycles. The molecule has 1 fully saturated rings. The molecule has 0 spiro atoms. The predicted molar refractivity (Wildman–Crippen MR) is 492 cm³/mol. The number of likely N-dealkylation sites (tertiary alicyclic amines) is 1. The van der Waals surface area contributed by atoms with E-state index in [-0.39, 0.29) is 80.0 Å². The van der Waals surface area contributed by atoms with Gasteiger partial charge in [0, 0.05) is 64.7 Å². The van der Waals surface area contributed by atoms with Gasteiger partial charge in [0.05, 0.1) is 18.1 Å². The molecule has 1 saturated heterocycles. The smallest absolute Gasteiger partial charge is 0.243 e. The summed E-state index contributed by atoms with van der Waals surface area (Å²) in [6.45, 7) is 23.3. The van der Waals surface area contributed by atoms with E-state index in [4.69, 9.17) is 5.73 Å². The van der Waals surface area contributed by atoms with E-state index < -0.39 is 126 Å². The SMILES string of the molecule is CC(=O)C[C@H](NC(=O)[C@H](Cc1ccc(-c2ccccc2)cc1)NC(C)=O)C(=O)NCc1cccc(CNC(c2ccccc2)(c2ccccc2)c2ccc(C)cc2)c1.CC[C@@H](C)NC(=O)[C@@H](NC(=O)CNC(=O)[C@H](Cc1ccc(C)cc1)NC(=O)[C@H](Cc1ccc(C)cc1)NC(=O)[C@H](CC(C)=O)NC(=O)[C@H](CC)NC(=O)[C@@H]1CCCN1C(=O)[C@@H](N)CC(C)C)C(C)C. The zero-order chi connectivity index (χ0) is 92.4. The lowest BCUT2D eigenvalue weighted by molar-refractivity contribution is -0.141. The Bertz CT molecular complexity index is 4980. The van der Waals surface area contributed by atoms with Gasteiger partial charge in [-0.2, -0.15) is 0 Å². The quantitative estimate of drug-likeness (QED) is 0.0158. The largest absolute Gasteiger partial charge is 0.352 e. The van der Waals surface area contributed by atoms with E-state index in [2.05, 4.69) is 138 Å². The number of carbonyl (C=O) groups excluding carboxylic acids is 13. The molecule has 0 aromatic heterocycles. The van der Waals surface area contributed by atoms with Gasteiger partial charge in [0.25, 0.3) is 0 Å². The summed E-state index contributed by atoms with van der Waals surface area (Å²) in [7, 11) is 0. The monoisotopic (exact) mass is 1730 g/mol. The normalized spacial score (nSPS) is 14.5. The Morgan fingerprint density at radius 1 is 0.417 bits per heavy atom. The first-order valence-electron chi connectivity index (χ1n) is 43.9. The molecule has 1 aliphatic heterocycles. The van der Waals surface area contributed by atoms with Crippen molar-refractivity contribution in [1.82, 2.24) is 63.4 Å². The molecule has 11 amide bonds. The van der Waals surface area contributed by atoms with Crippen molar-refractivity contribution in [1.29, 1.82) is 0 Å². The first-order valence-corrected chi connectivity index (χ1v) is 43.9. The van der Waals surface area contributed by atoms with Crippen LogP contribution in [0.5, 0.6) is 0 Å². The summed E-state index contributed by atoms with van der Waals surface area (Å²) in [6.07, 6.45) is 1.71. The van der Waals surface area contributed by atoms with Crippen molar-refractivity contribution in [3.05, 3.63) is 274 Å². The first-order chi connectivity index (χ1) is 60.6. The van der Waals surface area contributed by atoms with Crippen molar-refractivity contribution in [3.63, 3.8) is 0 Å². The highest BCUT2D eigenvalue weighted by atomic mass is 16.2. The maximum atomic E-state index is 14.4. The number of nitrogens with one attached hydrogen (secondary N) is 11. The number of nitrogens with two attached hydrogens (primary N) is 1. The molecular formula is C101H127N13O13. The molecule has 0 radical (unpaired) electrons. The van der Waals surface area contributed by atoms with E-state index >= 15 is 0 Å². The number of hydrogen-bond acceptors (Lipinski definition) is 15. The maximum absolute atomic E-state index is 14.4. The first kappa shape index (κ1) is 99.6. The van der Waals surface area contributed by atoms with Gasteiger partial charge in [-0.3, -0.25) is 67.6 Å². The molecule has 0 aliphatic carbocycles. The maximum Gasteiger partial charge on any atom is 0.243 e.